The van der Waals surface area contributed by atoms with Crippen molar-refractivity contribution in [1.82, 2.24) is 0 Å². The van der Waals surface area contributed by atoms with Gasteiger partial charge in [-0.2, -0.15) is 24.9 Å². The van der Waals surface area contributed by atoms with Crippen LogP contribution in [-0.2, 0) is 9.53 Å². The zero-order valence-electron chi connectivity index (χ0n) is 11.8. The van der Waals surface area contributed by atoms with Gasteiger partial charge in [-0.25, -0.2) is 0 Å². The fourth-order valence-corrected chi connectivity index (χ4v) is 2.39. The van der Waals surface area contributed by atoms with E-state index in [-0.39, 0.29) is 17.1 Å². The van der Waals surface area contributed by atoms with Gasteiger partial charge in [0.15, 0.2) is 0 Å². The molecule has 0 spiro atoms. The van der Waals surface area contributed by atoms with Crippen molar-refractivity contribution < 1.29 is 22.7 Å². The summed E-state index contributed by atoms with van der Waals surface area (Å²) in [7, 11) is 0. The number of alkyl halides is 3. The van der Waals surface area contributed by atoms with E-state index in [0.29, 0.717) is 19.4 Å². The number of carbonyl (C=O) groups excluding carboxylic acids is 1. The topological polar surface area (TPSA) is 26.3 Å². The Hall–Kier alpha value is -0.390. The maximum atomic E-state index is 11.9. The van der Waals surface area contributed by atoms with Gasteiger partial charge in [0.1, 0.15) is 6.61 Å². The smallest absolute Gasteiger partial charge is 0.389 e. The van der Waals surface area contributed by atoms with Crippen LogP contribution in [0.2, 0.25) is 0 Å². The molecule has 0 rings (SSSR count). The molecule has 0 amide bonds. The third-order valence-corrected chi connectivity index (χ3v) is 3.86. The second kappa shape index (κ2) is 8.72. The standard InChI is InChI=1S/C13H23F3O2S/c1-4-11(17)18-10-12(2,3)19-9-7-5-6-8-13(14,15)16/h4-10H2,1-3H3. The lowest BCUT2D eigenvalue weighted by atomic mass is 10.2. The van der Waals surface area contributed by atoms with Crippen LogP contribution >= 0.6 is 11.8 Å². The monoisotopic (exact) mass is 300 g/mol. The number of hydrogen-bond acceptors (Lipinski definition) is 3. The molecule has 0 aliphatic heterocycles. The number of unbranched alkanes of at least 4 members (excludes halogenated alkanes) is 2. The molecule has 0 atom stereocenters. The molecule has 0 aromatic heterocycles. The molecule has 0 aromatic carbocycles. The largest absolute Gasteiger partial charge is 0.464 e. The van der Waals surface area contributed by atoms with E-state index in [0.717, 1.165) is 12.2 Å². The first kappa shape index (κ1) is 18.6. The average molecular weight is 300 g/mol. The zero-order valence-corrected chi connectivity index (χ0v) is 12.6. The average Bonchev–Trinajstić information content (AvgIpc) is 2.29. The van der Waals surface area contributed by atoms with Gasteiger partial charge in [-0.05, 0) is 32.4 Å². The summed E-state index contributed by atoms with van der Waals surface area (Å²) in [5.74, 6) is 0.563. The lowest BCUT2D eigenvalue weighted by Gasteiger charge is -2.23. The second-order valence-corrected chi connectivity index (χ2v) is 6.85. The SMILES string of the molecule is CCC(=O)OCC(C)(C)SCCCCCC(F)(F)F. The molecular formula is C13H23F3O2S. The Bertz CT molecular complexity index is 265. The maximum absolute atomic E-state index is 11.9. The molecule has 6 heteroatoms. The Labute approximate surface area is 117 Å². The Kier molecular flexibility index (Phi) is 8.54. The van der Waals surface area contributed by atoms with E-state index in [1.165, 1.54) is 0 Å². The quantitative estimate of drug-likeness (QED) is 0.461. The summed E-state index contributed by atoms with van der Waals surface area (Å²) in [6.07, 6.45) is -2.85. The zero-order chi connectivity index (χ0) is 14.9. The van der Waals surface area contributed by atoms with Crippen molar-refractivity contribution in [2.75, 3.05) is 12.4 Å². The van der Waals surface area contributed by atoms with Crippen LogP contribution in [0.4, 0.5) is 13.2 Å². The van der Waals surface area contributed by atoms with E-state index in [4.69, 9.17) is 4.74 Å². The van der Waals surface area contributed by atoms with Gasteiger partial charge in [0, 0.05) is 17.6 Å². The lowest BCUT2D eigenvalue weighted by molar-refractivity contribution is -0.143. The van der Waals surface area contributed by atoms with Crippen molar-refractivity contribution in [2.45, 2.75) is 63.8 Å². The summed E-state index contributed by atoms with van der Waals surface area (Å²) >= 11 is 1.63. The molecule has 2 nitrogen and oxygen atoms in total. The third kappa shape index (κ3) is 12.4. The van der Waals surface area contributed by atoms with Gasteiger partial charge in [-0.1, -0.05) is 13.3 Å². The van der Waals surface area contributed by atoms with Crippen molar-refractivity contribution in [3.63, 3.8) is 0 Å². The van der Waals surface area contributed by atoms with Crippen LogP contribution in [0.3, 0.4) is 0 Å². The molecule has 0 radical (unpaired) electrons. The normalized spacial score (nSPS) is 12.5. The highest BCUT2D eigenvalue weighted by atomic mass is 32.2. The minimum atomic E-state index is -4.04. The number of carbonyl (C=O) groups is 1. The van der Waals surface area contributed by atoms with Gasteiger partial charge in [0.05, 0.1) is 0 Å². The van der Waals surface area contributed by atoms with Crippen molar-refractivity contribution >= 4 is 17.7 Å². The molecule has 0 aliphatic rings. The van der Waals surface area contributed by atoms with Crippen LogP contribution in [-0.4, -0.2) is 29.3 Å². The Balaban J connectivity index is 3.61. The predicted octanol–water partition coefficient (Wildman–Crippen LogP) is 4.57. The van der Waals surface area contributed by atoms with Gasteiger partial charge in [0.25, 0.3) is 0 Å². The molecule has 0 aliphatic carbocycles. The van der Waals surface area contributed by atoms with E-state index in [2.05, 4.69) is 0 Å². The van der Waals surface area contributed by atoms with Crippen LogP contribution in [0.1, 0.15) is 52.9 Å². The van der Waals surface area contributed by atoms with Crippen LogP contribution in [0.25, 0.3) is 0 Å². The number of esters is 1. The number of halogens is 3. The first-order chi connectivity index (χ1) is 8.66. The minimum Gasteiger partial charge on any atom is -0.464 e. The Morgan fingerprint density at radius 3 is 2.32 bits per heavy atom. The van der Waals surface area contributed by atoms with Gasteiger partial charge >= 0.3 is 12.1 Å². The van der Waals surface area contributed by atoms with E-state index in [1.807, 2.05) is 13.8 Å². The van der Waals surface area contributed by atoms with Crippen molar-refractivity contribution in [2.24, 2.45) is 0 Å². The third-order valence-electron chi connectivity index (χ3n) is 2.47. The van der Waals surface area contributed by atoms with Crippen LogP contribution in [0, 0.1) is 0 Å². The van der Waals surface area contributed by atoms with E-state index in [9.17, 15) is 18.0 Å². The van der Waals surface area contributed by atoms with Crippen LogP contribution < -0.4 is 0 Å². The fourth-order valence-electron chi connectivity index (χ4n) is 1.35. The number of ether oxygens (including phenoxy) is 1. The van der Waals surface area contributed by atoms with E-state index in [1.54, 1.807) is 18.7 Å². The number of rotatable bonds is 9. The molecule has 0 unspecified atom stereocenters. The molecule has 0 bridgehead atoms. The molecule has 0 saturated carbocycles. The first-order valence-electron chi connectivity index (χ1n) is 6.52. The molecular weight excluding hydrogens is 277 g/mol. The summed E-state index contributed by atoms with van der Waals surface area (Å²) in [6, 6.07) is 0. The van der Waals surface area contributed by atoms with Crippen molar-refractivity contribution in [1.29, 1.82) is 0 Å². The summed E-state index contributed by atoms with van der Waals surface area (Å²) in [4.78, 5) is 11.0. The molecule has 0 fully saturated rings. The highest BCUT2D eigenvalue weighted by molar-refractivity contribution is 8.00. The summed E-state index contributed by atoms with van der Waals surface area (Å²) in [5, 5.41) is 0. The molecule has 0 saturated heterocycles. The summed E-state index contributed by atoms with van der Waals surface area (Å²) in [5.41, 5.74) is 0. The predicted molar refractivity (Wildman–Crippen MR) is 72.3 cm³/mol. The van der Waals surface area contributed by atoms with Gasteiger partial charge in [-0.15, -0.1) is 0 Å². The van der Waals surface area contributed by atoms with E-state index >= 15 is 0 Å². The van der Waals surface area contributed by atoms with Crippen molar-refractivity contribution in [3.05, 3.63) is 0 Å². The van der Waals surface area contributed by atoms with Crippen LogP contribution in [0.5, 0.6) is 0 Å². The van der Waals surface area contributed by atoms with Gasteiger partial charge in [0.2, 0.25) is 0 Å². The van der Waals surface area contributed by atoms with Gasteiger partial charge < -0.3 is 4.74 Å². The Morgan fingerprint density at radius 1 is 1.16 bits per heavy atom. The molecule has 19 heavy (non-hydrogen) atoms. The highest BCUT2D eigenvalue weighted by Gasteiger charge is 2.26. The number of hydrogen-bond donors (Lipinski definition) is 0. The number of thioether (sulfide) groups is 1. The van der Waals surface area contributed by atoms with E-state index < -0.39 is 12.6 Å². The van der Waals surface area contributed by atoms with Gasteiger partial charge in [-0.3, -0.25) is 4.79 Å². The van der Waals surface area contributed by atoms with Crippen LogP contribution in [0.15, 0.2) is 0 Å². The highest BCUT2D eigenvalue weighted by Crippen LogP contribution is 2.27. The molecule has 0 heterocycles. The maximum Gasteiger partial charge on any atom is 0.389 e. The summed E-state index contributed by atoms with van der Waals surface area (Å²) in [6.45, 7) is 6.02. The fraction of sp³-hybridized carbons (Fsp3) is 0.923. The lowest BCUT2D eigenvalue weighted by Crippen LogP contribution is -2.25. The second-order valence-electron chi connectivity index (χ2n) is 5.05. The van der Waals surface area contributed by atoms with Crippen molar-refractivity contribution in [3.8, 4) is 0 Å². The molecule has 0 aromatic rings. The molecule has 0 N–H and O–H groups in total. The first-order valence-corrected chi connectivity index (χ1v) is 7.51. The summed E-state index contributed by atoms with van der Waals surface area (Å²) < 4.78 is 40.6. The molecule has 114 valence electrons. The Morgan fingerprint density at radius 2 is 1.79 bits per heavy atom. The minimum absolute atomic E-state index is 0.186.